The first-order valence-electron chi connectivity index (χ1n) is 14.7. The topological polar surface area (TPSA) is 179 Å². The van der Waals surface area contributed by atoms with Crippen LogP contribution in [-0.2, 0) is 12.7 Å². The third-order valence-corrected chi connectivity index (χ3v) is 7.88. The van der Waals surface area contributed by atoms with Gasteiger partial charge in [-0.3, -0.25) is 9.59 Å². The number of carboxylic acid groups (broad SMARTS) is 2. The summed E-state index contributed by atoms with van der Waals surface area (Å²) < 4.78 is 40.7. The Morgan fingerprint density at radius 2 is 1.69 bits per heavy atom. The Labute approximate surface area is 281 Å². The van der Waals surface area contributed by atoms with Gasteiger partial charge in [0.1, 0.15) is 0 Å². The highest BCUT2D eigenvalue weighted by Crippen LogP contribution is 2.35. The van der Waals surface area contributed by atoms with E-state index in [-0.39, 0.29) is 28.9 Å². The lowest BCUT2D eigenvalue weighted by Gasteiger charge is -2.29. The first kappa shape index (κ1) is 34.6. The lowest BCUT2D eigenvalue weighted by atomic mass is 10.1. The number of alkyl halides is 3. The van der Waals surface area contributed by atoms with Crippen molar-refractivity contribution >= 4 is 52.9 Å². The third kappa shape index (κ3) is 8.21. The van der Waals surface area contributed by atoms with Crippen LogP contribution in [-0.4, -0.2) is 68.3 Å². The molecule has 0 saturated carbocycles. The average Bonchev–Trinajstić information content (AvgIpc) is 3.50. The molecule has 2 amide bonds. The molecule has 5 rings (SSSR count). The van der Waals surface area contributed by atoms with Crippen molar-refractivity contribution in [2.45, 2.75) is 32.0 Å². The number of rotatable bonds is 10. The van der Waals surface area contributed by atoms with Crippen LogP contribution in [0.3, 0.4) is 0 Å². The van der Waals surface area contributed by atoms with Gasteiger partial charge in [-0.2, -0.15) is 18.3 Å². The molecule has 1 aliphatic rings. The fourth-order valence-electron chi connectivity index (χ4n) is 5.20. The second-order valence-corrected chi connectivity index (χ2v) is 11.3. The highest BCUT2D eigenvalue weighted by molar-refractivity contribution is 6.31. The van der Waals surface area contributed by atoms with Crippen molar-refractivity contribution < 1.29 is 42.6 Å². The van der Waals surface area contributed by atoms with E-state index in [1.54, 1.807) is 24.3 Å². The number of amides is 2. The Morgan fingerprint density at radius 3 is 2.39 bits per heavy atom. The van der Waals surface area contributed by atoms with Crippen molar-refractivity contribution in [2.75, 3.05) is 23.3 Å². The van der Waals surface area contributed by atoms with Crippen molar-refractivity contribution in [1.29, 1.82) is 0 Å². The quantitative estimate of drug-likeness (QED) is 0.125. The number of halogens is 4. The fourth-order valence-corrected chi connectivity index (χ4v) is 5.43. The predicted molar refractivity (Wildman–Crippen MR) is 171 cm³/mol. The number of carbonyl (C=O) groups excluding carboxylic acids is 2. The van der Waals surface area contributed by atoms with Crippen molar-refractivity contribution in [1.82, 2.24) is 20.4 Å². The van der Waals surface area contributed by atoms with Gasteiger partial charge in [-0.1, -0.05) is 35.0 Å². The van der Waals surface area contributed by atoms with Crippen LogP contribution in [0.15, 0.2) is 65.8 Å². The normalized spacial score (nSPS) is 13.3. The van der Waals surface area contributed by atoms with Crippen LogP contribution in [0.4, 0.5) is 24.5 Å². The molecular formula is C32H27ClF3N7O6. The fraction of sp³-hybridized carbons (Fsp3) is 0.219. The van der Waals surface area contributed by atoms with E-state index in [1.165, 1.54) is 24.3 Å². The van der Waals surface area contributed by atoms with E-state index < -0.39 is 51.9 Å². The molecular weight excluding hydrogens is 671 g/mol. The molecule has 1 fully saturated rings. The lowest BCUT2D eigenvalue weighted by Crippen LogP contribution is -2.30. The summed E-state index contributed by atoms with van der Waals surface area (Å²) >= 11 is 5.68. The Morgan fingerprint density at radius 1 is 0.939 bits per heavy atom. The van der Waals surface area contributed by atoms with Crippen LogP contribution >= 0.6 is 11.6 Å². The maximum Gasteiger partial charge on any atom is 0.417 e. The highest BCUT2D eigenvalue weighted by atomic mass is 35.5. The van der Waals surface area contributed by atoms with E-state index in [4.69, 9.17) is 11.6 Å². The van der Waals surface area contributed by atoms with Gasteiger partial charge in [0.15, 0.2) is 5.69 Å². The summed E-state index contributed by atoms with van der Waals surface area (Å²) in [5.41, 5.74) is 1.33. The number of piperidine rings is 1. The monoisotopic (exact) mass is 697 g/mol. The Hall–Kier alpha value is -5.77. The Bertz CT molecular complexity index is 1960. The summed E-state index contributed by atoms with van der Waals surface area (Å²) in [5.74, 6) is -4.48. The molecule has 3 aromatic carbocycles. The lowest BCUT2D eigenvalue weighted by molar-refractivity contribution is -0.137. The van der Waals surface area contributed by atoms with Gasteiger partial charge in [-0.15, -0.1) is 5.10 Å². The Kier molecular flexibility index (Phi) is 10.3. The van der Waals surface area contributed by atoms with E-state index in [1.807, 2.05) is 0 Å². The smallest absolute Gasteiger partial charge is 0.417 e. The zero-order valence-electron chi connectivity index (χ0n) is 25.4. The van der Waals surface area contributed by atoms with E-state index in [0.717, 1.165) is 61.1 Å². The molecule has 0 atom stereocenters. The number of hydrazone groups is 1. The predicted octanol–water partition coefficient (Wildman–Crippen LogP) is 5.40. The van der Waals surface area contributed by atoms with Crippen molar-refractivity contribution in [2.24, 2.45) is 5.10 Å². The zero-order chi connectivity index (χ0) is 35.3. The van der Waals surface area contributed by atoms with Crippen molar-refractivity contribution in [3.63, 3.8) is 0 Å². The van der Waals surface area contributed by atoms with Crippen LogP contribution < -0.4 is 15.6 Å². The molecule has 4 aromatic rings. The molecule has 0 radical (unpaired) electrons. The first-order chi connectivity index (χ1) is 23.3. The van der Waals surface area contributed by atoms with Gasteiger partial charge < -0.3 is 20.4 Å². The second-order valence-electron chi connectivity index (χ2n) is 10.9. The number of hydrogen-bond acceptors (Lipinski definition) is 8. The highest BCUT2D eigenvalue weighted by Gasteiger charge is 2.33. The summed E-state index contributed by atoms with van der Waals surface area (Å²) in [6, 6.07) is 14.1. The number of carboxylic acids is 2. The molecule has 17 heteroatoms. The minimum Gasteiger partial charge on any atom is -0.476 e. The zero-order valence-corrected chi connectivity index (χ0v) is 26.1. The number of carbonyl (C=O) groups is 4. The minimum absolute atomic E-state index is 0.0340. The number of hydrogen-bond donors (Lipinski definition) is 4. The van der Waals surface area contributed by atoms with Gasteiger partial charge in [0.05, 0.1) is 34.6 Å². The van der Waals surface area contributed by atoms with Crippen LogP contribution in [0, 0.1) is 0 Å². The summed E-state index contributed by atoms with van der Waals surface area (Å²) in [5, 5.41) is 31.8. The number of anilines is 2. The molecule has 0 spiro atoms. The van der Waals surface area contributed by atoms with Crippen LogP contribution in [0.2, 0.25) is 5.02 Å². The van der Waals surface area contributed by atoms with Crippen LogP contribution in [0.5, 0.6) is 0 Å². The maximum atomic E-state index is 13.4. The number of nitrogens with zero attached hydrogens (tertiary/aromatic N) is 5. The van der Waals surface area contributed by atoms with Crippen LogP contribution in [0.25, 0.3) is 0 Å². The van der Waals surface area contributed by atoms with Gasteiger partial charge in [0, 0.05) is 24.3 Å². The first-order valence-corrected chi connectivity index (χ1v) is 15.1. The largest absolute Gasteiger partial charge is 0.476 e. The molecule has 49 heavy (non-hydrogen) atoms. The van der Waals surface area contributed by atoms with Crippen LogP contribution in [0.1, 0.15) is 77.6 Å². The second kappa shape index (κ2) is 14.6. The van der Waals surface area contributed by atoms with Crippen molar-refractivity contribution in [3.8, 4) is 0 Å². The molecule has 13 nitrogen and oxygen atoms in total. The minimum atomic E-state index is -4.69. The third-order valence-electron chi connectivity index (χ3n) is 7.55. The number of aromatic carboxylic acids is 2. The van der Waals surface area contributed by atoms with Crippen molar-refractivity contribution in [3.05, 3.63) is 105 Å². The molecule has 2 heterocycles. The summed E-state index contributed by atoms with van der Waals surface area (Å²) in [7, 11) is 0. The molecule has 1 aliphatic heterocycles. The summed E-state index contributed by atoms with van der Waals surface area (Å²) in [6.07, 6.45) is -0.662. The van der Waals surface area contributed by atoms with Gasteiger partial charge in [-0.25, -0.2) is 19.7 Å². The number of aromatic nitrogens is 3. The molecule has 0 aliphatic carbocycles. The van der Waals surface area contributed by atoms with Gasteiger partial charge in [-0.05, 0) is 72.9 Å². The van der Waals surface area contributed by atoms with E-state index >= 15 is 0 Å². The van der Waals surface area contributed by atoms with Gasteiger partial charge in [0.2, 0.25) is 5.69 Å². The van der Waals surface area contributed by atoms with Gasteiger partial charge >= 0.3 is 18.1 Å². The van der Waals surface area contributed by atoms with E-state index in [0.29, 0.717) is 5.56 Å². The molecule has 1 saturated heterocycles. The van der Waals surface area contributed by atoms with E-state index in [2.05, 4.69) is 31.1 Å². The maximum absolute atomic E-state index is 13.4. The standard InChI is InChI=1S/C32H27ClF3N7O6/c33-24-9-7-18(14-23(24)32(34,35)36)16-37-40-29(45)22-15-21(42-11-2-1-3-12-42)8-10-25(22)38-28(44)20-6-4-5-19(13-20)17-43-27(31(48)49)26(30(46)47)39-41-43/h4-10,13-16H,1-3,11-12,17H2,(H,38,44)(H,40,45)(H,46,47)(H,48,49)/b37-16-. The summed E-state index contributed by atoms with van der Waals surface area (Å²) in [4.78, 5) is 51.9. The molecule has 4 N–H and O–H groups in total. The molecule has 254 valence electrons. The number of benzene rings is 3. The Balaban J connectivity index is 1.38. The molecule has 0 bridgehead atoms. The molecule has 1 aromatic heterocycles. The number of nitrogens with one attached hydrogen (secondary N) is 2. The SMILES string of the molecule is O=C(Nc1ccc(N2CCCCC2)cc1C(=O)N/N=C\c1ccc(Cl)c(C(F)(F)F)c1)c1cccc(Cn2nnc(C(=O)O)c2C(=O)O)c1. The van der Waals surface area contributed by atoms with E-state index in [9.17, 15) is 42.6 Å². The van der Waals surface area contributed by atoms with Gasteiger partial charge in [0.25, 0.3) is 11.8 Å². The summed E-state index contributed by atoms with van der Waals surface area (Å²) in [6.45, 7) is 1.32. The average molecular weight is 698 g/mol. The molecule has 0 unspecified atom stereocenters.